The molecule has 0 saturated carbocycles. The standard InChI is InChI=1S/C23H16F3N3O3/c24-23(25,26)15-10-8-14(9-11-15)13-28-21(31)18-19(30)17-7-4-12-27-20(17)29(22(18)32)16-5-2-1-3-6-16/h1-12,30H,13H2,(H,28,31). The lowest BCUT2D eigenvalue weighted by molar-refractivity contribution is -0.137. The number of hydrogen-bond acceptors (Lipinski definition) is 4. The van der Waals surface area contributed by atoms with E-state index in [-0.39, 0.29) is 17.6 Å². The molecule has 6 nitrogen and oxygen atoms in total. The van der Waals surface area contributed by atoms with Crippen LogP contribution in [-0.2, 0) is 12.7 Å². The quantitative estimate of drug-likeness (QED) is 0.503. The van der Waals surface area contributed by atoms with Crippen LogP contribution in [0.3, 0.4) is 0 Å². The molecule has 0 fully saturated rings. The highest BCUT2D eigenvalue weighted by Crippen LogP contribution is 2.29. The number of carbonyl (C=O) groups excluding carboxylic acids is 1. The smallest absolute Gasteiger partial charge is 0.416 e. The number of alkyl halides is 3. The Morgan fingerprint density at radius 2 is 1.69 bits per heavy atom. The van der Waals surface area contributed by atoms with E-state index in [1.807, 2.05) is 0 Å². The van der Waals surface area contributed by atoms with Crippen molar-refractivity contribution in [3.05, 3.63) is 100.0 Å². The monoisotopic (exact) mass is 439 g/mol. The molecule has 9 heteroatoms. The molecule has 0 spiro atoms. The van der Waals surface area contributed by atoms with Crippen LogP contribution in [0.2, 0.25) is 0 Å². The van der Waals surface area contributed by atoms with Crippen molar-refractivity contribution in [1.29, 1.82) is 0 Å². The van der Waals surface area contributed by atoms with Crippen molar-refractivity contribution in [2.45, 2.75) is 12.7 Å². The second-order valence-electron chi connectivity index (χ2n) is 6.95. The van der Waals surface area contributed by atoms with Gasteiger partial charge in [0.25, 0.3) is 11.5 Å². The van der Waals surface area contributed by atoms with Crippen LogP contribution < -0.4 is 10.9 Å². The topological polar surface area (TPSA) is 84.2 Å². The van der Waals surface area contributed by atoms with Gasteiger partial charge in [-0.15, -0.1) is 0 Å². The second kappa shape index (κ2) is 8.18. The molecule has 1 amide bonds. The van der Waals surface area contributed by atoms with Crippen molar-refractivity contribution in [3.8, 4) is 11.4 Å². The maximum Gasteiger partial charge on any atom is 0.416 e. The van der Waals surface area contributed by atoms with Crippen molar-refractivity contribution in [1.82, 2.24) is 14.9 Å². The number of carbonyl (C=O) groups is 1. The Hall–Kier alpha value is -4.14. The number of nitrogens with zero attached hydrogens (tertiary/aromatic N) is 2. The van der Waals surface area contributed by atoms with Gasteiger partial charge in [0.15, 0.2) is 5.65 Å². The van der Waals surface area contributed by atoms with Gasteiger partial charge in [-0.2, -0.15) is 13.2 Å². The van der Waals surface area contributed by atoms with E-state index >= 15 is 0 Å². The van der Waals surface area contributed by atoms with Gasteiger partial charge in [-0.25, -0.2) is 4.98 Å². The molecule has 32 heavy (non-hydrogen) atoms. The average Bonchev–Trinajstić information content (AvgIpc) is 2.78. The molecule has 2 aromatic heterocycles. The van der Waals surface area contributed by atoms with E-state index in [1.54, 1.807) is 36.4 Å². The number of para-hydroxylation sites is 1. The highest BCUT2D eigenvalue weighted by molar-refractivity contribution is 6.02. The maximum absolute atomic E-state index is 13.2. The molecule has 4 aromatic rings. The molecule has 0 atom stereocenters. The van der Waals surface area contributed by atoms with Crippen LogP contribution in [0.5, 0.6) is 5.75 Å². The zero-order valence-corrected chi connectivity index (χ0v) is 16.4. The molecule has 162 valence electrons. The van der Waals surface area contributed by atoms with E-state index in [1.165, 1.54) is 29.0 Å². The summed E-state index contributed by atoms with van der Waals surface area (Å²) < 4.78 is 39.4. The van der Waals surface area contributed by atoms with Crippen molar-refractivity contribution >= 4 is 16.9 Å². The number of halogens is 3. The Balaban J connectivity index is 1.71. The first kappa shape index (κ1) is 21.1. The molecule has 0 unspecified atom stereocenters. The van der Waals surface area contributed by atoms with Crippen LogP contribution in [0.15, 0.2) is 77.7 Å². The zero-order valence-electron chi connectivity index (χ0n) is 16.4. The predicted molar refractivity (Wildman–Crippen MR) is 112 cm³/mol. The molecule has 0 radical (unpaired) electrons. The maximum atomic E-state index is 13.2. The van der Waals surface area contributed by atoms with Gasteiger partial charge in [-0.3, -0.25) is 14.2 Å². The van der Waals surface area contributed by atoms with Gasteiger partial charge in [0, 0.05) is 12.7 Å². The van der Waals surface area contributed by atoms with E-state index < -0.39 is 34.5 Å². The number of aromatic nitrogens is 2. The van der Waals surface area contributed by atoms with Crippen molar-refractivity contribution in [2.75, 3.05) is 0 Å². The lowest BCUT2D eigenvalue weighted by Gasteiger charge is -2.14. The van der Waals surface area contributed by atoms with Crippen LogP contribution in [0, 0.1) is 0 Å². The molecule has 0 aliphatic heterocycles. The summed E-state index contributed by atoms with van der Waals surface area (Å²) in [7, 11) is 0. The largest absolute Gasteiger partial charge is 0.506 e. The fourth-order valence-electron chi connectivity index (χ4n) is 3.31. The summed E-state index contributed by atoms with van der Waals surface area (Å²) in [6, 6.07) is 15.9. The van der Waals surface area contributed by atoms with Gasteiger partial charge in [-0.1, -0.05) is 30.3 Å². The summed E-state index contributed by atoms with van der Waals surface area (Å²) in [5, 5.41) is 13.3. The van der Waals surface area contributed by atoms with Crippen molar-refractivity contribution in [2.24, 2.45) is 0 Å². The van der Waals surface area contributed by atoms with Crippen LogP contribution in [0.4, 0.5) is 13.2 Å². The third-order valence-electron chi connectivity index (χ3n) is 4.88. The summed E-state index contributed by atoms with van der Waals surface area (Å²) in [5.41, 5.74) is -1.03. The van der Waals surface area contributed by atoms with Gasteiger partial charge in [0.1, 0.15) is 11.3 Å². The lowest BCUT2D eigenvalue weighted by atomic mass is 10.1. The molecular weight excluding hydrogens is 423 g/mol. The van der Waals surface area contributed by atoms with Gasteiger partial charge in [0.2, 0.25) is 0 Å². The van der Waals surface area contributed by atoms with E-state index in [2.05, 4.69) is 10.3 Å². The zero-order chi connectivity index (χ0) is 22.9. The Morgan fingerprint density at radius 1 is 1.00 bits per heavy atom. The van der Waals surface area contributed by atoms with Crippen LogP contribution in [-0.4, -0.2) is 20.6 Å². The summed E-state index contributed by atoms with van der Waals surface area (Å²) in [4.78, 5) is 30.2. The van der Waals surface area contributed by atoms with Crippen molar-refractivity contribution in [3.63, 3.8) is 0 Å². The second-order valence-corrected chi connectivity index (χ2v) is 6.95. The Morgan fingerprint density at radius 3 is 2.34 bits per heavy atom. The van der Waals surface area contributed by atoms with Gasteiger partial charge in [-0.05, 0) is 42.0 Å². The summed E-state index contributed by atoms with van der Waals surface area (Å²) in [6.45, 7) is -0.133. The summed E-state index contributed by atoms with van der Waals surface area (Å²) in [5.74, 6) is -1.38. The van der Waals surface area contributed by atoms with Gasteiger partial charge >= 0.3 is 6.18 Å². The number of fused-ring (bicyclic) bond motifs is 1. The van der Waals surface area contributed by atoms with E-state index in [9.17, 15) is 27.9 Å². The van der Waals surface area contributed by atoms with E-state index in [0.717, 1.165) is 12.1 Å². The minimum Gasteiger partial charge on any atom is -0.506 e. The highest BCUT2D eigenvalue weighted by atomic mass is 19.4. The van der Waals surface area contributed by atoms with Crippen LogP contribution in [0.1, 0.15) is 21.5 Å². The first-order valence-corrected chi connectivity index (χ1v) is 9.50. The highest BCUT2D eigenvalue weighted by Gasteiger charge is 2.30. The predicted octanol–water partition coefficient (Wildman–Crippen LogP) is 4.04. The third kappa shape index (κ3) is 3.92. The molecule has 0 aliphatic carbocycles. The summed E-state index contributed by atoms with van der Waals surface area (Å²) in [6.07, 6.45) is -3.00. The van der Waals surface area contributed by atoms with E-state index in [0.29, 0.717) is 11.3 Å². The SMILES string of the molecule is O=C(NCc1ccc(C(F)(F)F)cc1)c1c(O)c2cccnc2n(-c2ccccc2)c1=O. The van der Waals surface area contributed by atoms with E-state index in [4.69, 9.17) is 0 Å². The lowest BCUT2D eigenvalue weighted by Crippen LogP contribution is -2.33. The number of pyridine rings is 2. The molecular formula is C23H16F3N3O3. The fourth-order valence-corrected chi connectivity index (χ4v) is 3.31. The minimum absolute atomic E-state index is 0.133. The first-order valence-electron chi connectivity index (χ1n) is 9.50. The number of benzene rings is 2. The molecule has 0 bridgehead atoms. The minimum atomic E-state index is -4.46. The van der Waals surface area contributed by atoms with Crippen molar-refractivity contribution < 1.29 is 23.1 Å². The average molecular weight is 439 g/mol. The number of amides is 1. The number of hydrogen-bond donors (Lipinski definition) is 2. The molecule has 2 aromatic carbocycles. The third-order valence-corrected chi connectivity index (χ3v) is 4.88. The van der Waals surface area contributed by atoms with Crippen LogP contribution >= 0.6 is 0 Å². The van der Waals surface area contributed by atoms with Gasteiger partial charge in [0.05, 0.1) is 16.6 Å². The number of nitrogens with one attached hydrogen (secondary N) is 1. The molecule has 2 N–H and O–H groups in total. The fraction of sp³-hybridized carbons (Fsp3) is 0.0870. The Kier molecular flexibility index (Phi) is 5.40. The summed E-state index contributed by atoms with van der Waals surface area (Å²) >= 11 is 0. The molecule has 0 saturated heterocycles. The van der Waals surface area contributed by atoms with Crippen LogP contribution in [0.25, 0.3) is 16.7 Å². The first-order chi connectivity index (χ1) is 15.3. The molecule has 0 aliphatic rings. The number of aromatic hydroxyl groups is 1. The Bertz CT molecular complexity index is 1350. The van der Waals surface area contributed by atoms with Gasteiger partial charge < -0.3 is 10.4 Å². The number of rotatable bonds is 4. The normalized spacial score (nSPS) is 11.5. The molecule has 2 heterocycles. The molecule has 4 rings (SSSR count). The Labute approximate surface area is 179 Å².